The molecule has 1 atom stereocenters. The van der Waals surface area contributed by atoms with Gasteiger partial charge in [0.1, 0.15) is 31.1 Å². The lowest BCUT2D eigenvalue weighted by molar-refractivity contribution is 0.0526. The van der Waals surface area contributed by atoms with Crippen LogP contribution in [-0.2, 0) is 4.74 Å². The molecule has 0 saturated heterocycles. The van der Waals surface area contributed by atoms with Gasteiger partial charge in [0.05, 0.1) is 34.9 Å². The minimum atomic E-state index is -0.525. The van der Waals surface area contributed by atoms with E-state index >= 15 is 0 Å². The van der Waals surface area contributed by atoms with Crippen LogP contribution in [0, 0.1) is 12.8 Å². The molecule has 36 heavy (non-hydrogen) atoms. The summed E-state index contributed by atoms with van der Waals surface area (Å²) in [6.07, 6.45) is 0. The van der Waals surface area contributed by atoms with Crippen molar-refractivity contribution in [1.29, 1.82) is 0 Å². The van der Waals surface area contributed by atoms with Crippen LogP contribution in [-0.4, -0.2) is 49.3 Å². The normalized spacial score (nSPS) is 13.4. The molecule has 1 aliphatic heterocycles. The molecule has 1 aromatic heterocycles. The number of nitrogens with zero attached hydrogens (tertiary/aromatic N) is 1. The number of fused-ring (bicyclic) bond motifs is 2. The predicted molar refractivity (Wildman–Crippen MR) is 136 cm³/mol. The third-order valence-corrected chi connectivity index (χ3v) is 6.02. The maximum absolute atomic E-state index is 13.0. The number of aryl methyl sites for hydroxylation is 1. The molecule has 2 heterocycles. The molecule has 2 aromatic carbocycles. The summed E-state index contributed by atoms with van der Waals surface area (Å²) in [7, 11) is 0. The number of anilines is 1. The largest absolute Gasteiger partial charge is 0.491 e. The number of amides is 1. The number of nitrogens with two attached hydrogens (primary N) is 1. The second kappa shape index (κ2) is 10.7. The minimum absolute atomic E-state index is 0.0777. The molecule has 0 fully saturated rings. The van der Waals surface area contributed by atoms with Crippen LogP contribution in [0.25, 0.3) is 10.9 Å². The van der Waals surface area contributed by atoms with Crippen molar-refractivity contribution in [1.82, 2.24) is 10.3 Å². The number of hydrogen-bond acceptors (Lipinski definition) is 8. The van der Waals surface area contributed by atoms with E-state index in [0.29, 0.717) is 52.6 Å². The Labute approximate surface area is 209 Å². The number of ether oxygens (including phenoxy) is 4. The molecule has 3 aromatic rings. The van der Waals surface area contributed by atoms with Crippen molar-refractivity contribution in [3.8, 4) is 17.2 Å². The number of pyridine rings is 1. The van der Waals surface area contributed by atoms with E-state index in [1.165, 1.54) is 0 Å². The monoisotopic (exact) mass is 493 g/mol. The maximum atomic E-state index is 13.0. The van der Waals surface area contributed by atoms with Gasteiger partial charge in [-0.05, 0) is 50.1 Å². The van der Waals surface area contributed by atoms with Crippen molar-refractivity contribution in [2.75, 3.05) is 32.2 Å². The fourth-order valence-electron chi connectivity index (χ4n) is 4.04. The second-order valence-electron chi connectivity index (χ2n) is 8.85. The number of benzene rings is 2. The van der Waals surface area contributed by atoms with Crippen LogP contribution in [0.3, 0.4) is 0 Å². The highest BCUT2D eigenvalue weighted by Gasteiger charge is 2.23. The Kier molecular flexibility index (Phi) is 7.47. The lowest BCUT2D eigenvalue weighted by atomic mass is 10.0. The Morgan fingerprint density at radius 2 is 1.89 bits per heavy atom. The molecule has 1 aliphatic rings. The van der Waals surface area contributed by atoms with Gasteiger partial charge in [0.25, 0.3) is 5.91 Å². The number of hydrogen-bond donors (Lipinski definition) is 2. The maximum Gasteiger partial charge on any atom is 0.342 e. The number of rotatable bonds is 8. The molecule has 3 N–H and O–H groups in total. The smallest absolute Gasteiger partial charge is 0.342 e. The number of carbonyl (C=O) groups excluding carboxylic acids is 2. The quantitative estimate of drug-likeness (QED) is 0.453. The van der Waals surface area contributed by atoms with E-state index in [9.17, 15) is 9.59 Å². The average molecular weight is 494 g/mol. The van der Waals surface area contributed by atoms with Crippen LogP contribution >= 0.6 is 0 Å². The Bertz CT molecular complexity index is 1290. The first kappa shape index (κ1) is 25.1. The fraction of sp³-hybridized carbons (Fsp3) is 0.370. The van der Waals surface area contributed by atoms with Crippen molar-refractivity contribution in [3.63, 3.8) is 0 Å². The molecule has 0 radical (unpaired) electrons. The van der Waals surface area contributed by atoms with Crippen LogP contribution in [0.4, 0.5) is 5.69 Å². The molecule has 9 heteroatoms. The molecule has 4 rings (SSSR count). The highest BCUT2D eigenvalue weighted by Crippen LogP contribution is 2.34. The van der Waals surface area contributed by atoms with Gasteiger partial charge in [0.2, 0.25) is 0 Å². The van der Waals surface area contributed by atoms with Gasteiger partial charge >= 0.3 is 5.97 Å². The lowest BCUT2D eigenvalue weighted by Crippen LogP contribution is -2.42. The third kappa shape index (κ3) is 5.15. The summed E-state index contributed by atoms with van der Waals surface area (Å²) < 4.78 is 22.4. The molecular weight excluding hydrogens is 462 g/mol. The standard InChI is InChI=1S/C27H31N3O6/c1-5-33-27(32)23-16(4)29-18-7-6-8-21(24(18)25(23)28)36-14-19(15(2)3)30-26(31)17-9-10-20-22(13-17)35-12-11-34-20/h6-10,13,15,19H,5,11-12,14H2,1-4H3,(H2,28,29)(H,30,31)/t19-/m1/s1. The molecule has 9 nitrogen and oxygen atoms in total. The number of nitrogen functional groups attached to an aromatic ring is 1. The third-order valence-electron chi connectivity index (χ3n) is 6.02. The first-order valence-electron chi connectivity index (χ1n) is 12.0. The van der Waals surface area contributed by atoms with Crippen LogP contribution in [0.5, 0.6) is 17.2 Å². The molecule has 0 aliphatic carbocycles. The summed E-state index contributed by atoms with van der Waals surface area (Å²) in [6, 6.07) is 10.2. The van der Waals surface area contributed by atoms with E-state index in [-0.39, 0.29) is 42.3 Å². The average Bonchev–Trinajstić information content (AvgIpc) is 2.85. The van der Waals surface area contributed by atoms with Crippen LogP contribution < -0.4 is 25.3 Å². The van der Waals surface area contributed by atoms with Crippen molar-refractivity contribution >= 4 is 28.5 Å². The molecule has 0 spiro atoms. The van der Waals surface area contributed by atoms with Crippen molar-refractivity contribution in [3.05, 3.63) is 53.2 Å². The van der Waals surface area contributed by atoms with E-state index < -0.39 is 5.97 Å². The van der Waals surface area contributed by atoms with Gasteiger partial charge in [-0.3, -0.25) is 9.78 Å². The Balaban J connectivity index is 1.55. The number of nitrogens with one attached hydrogen (secondary N) is 1. The zero-order valence-electron chi connectivity index (χ0n) is 20.9. The van der Waals surface area contributed by atoms with E-state index in [4.69, 9.17) is 24.7 Å². The molecule has 190 valence electrons. The van der Waals surface area contributed by atoms with E-state index in [2.05, 4.69) is 10.3 Å². The van der Waals surface area contributed by atoms with Crippen LogP contribution in [0.1, 0.15) is 47.2 Å². The van der Waals surface area contributed by atoms with Gasteiger partial charge in [-0.1, -0.05) is 19.9 Å². The molecule has 0 unspecified atom stereocenters. The number of carbonyl (C=O) groups is 2. The predicted octanol–water partition coefficient (Wildman–Crippen LogP) is 3.91. The van der Waals surface area contributed by atoms with Crippen LogP contribution in [0.15, 0.2) is 36.4 Å². The first-order chi connectivity index (χ1) is 17.3. The van der Waals surface area contributed by atoms with Gasteiger partial charge in [-0.25, -0.2) is 4.79 Å². The molecule has 1 amide bonds. The second-order valence-corrected chi connectivity index (χ2v) is 8.85. The number of esters is 1. The summed E-state index contributed by atoms with van der Waals surface area (Å²) in [4.78, 5) is 30.0. The topological polar surface area (TPSA) is 122 Å². The Morgan fingerprint density at radius 1 is 1.14 bits per heavy atom. The number of aromatic nitrogens is 1. The van der Waals surface area contributed by atoms with E-state index in [1.807, 2.05) is 26.0 Å². The van der Waals surface area contributed by atoms with E-state index in [1.54, 1.807) is 38.1 Å². The van der Waals surface area contributed by atoms with Gasteiger partial charge in [0, 0.05) is 5.56 Å². The molecule has 0 bridgehead atoms. The summed E-state index contributed by atoms with van der Waals surface area (Å²) in [5, 5.41) is 3.58. The van der Waals surface area contributed by atoms with Crippen LogP contribution in [0.2, 0.25) is 0 Å². The zero-order chi connectivity index (χ0) is 25.8. The summed E-state index contributed by atoms with van der Waals surface area (Å²) in [5.41, 5.74) is 8.47. The zero-order valence-corrected chi connectivity index (χ0v) is 20.9. The van der Waals surface area contributed by atoms with Crippen molar-refractivity contribution < 1.29 is 28.5 Å². The van der Waals surface area contributed by atoms with Crippen molar-refractivity contribution in [2.45, 2.75) is 33.7 Å². The Hall–Kier alpha value is -4.01. The summed E-state index contributed by atoms with van der Waals surface area (Å²) >= 11 is 0. The van der Waals surface area contributed by atoms with Gasteiger partial charge < -0.3 is 30.0 Å². The molecule has 0 saturated carbocycles. The van der Waals surface area contributed by atoms with E-state index in [0.717, 1.165) is 0 Å². The highest BCUT2D eigenvalue weighted by molar-refractivity contribution is 6.07. The minimum Gasteiger partial charge on any atom is -0.491 e. The van der Waals surface area contributed by atoms with Gasteiger partial charge in [-0.2, -0.15) is 0 Å². The summed E-state index contributed by atoms with van der Waals surface area (Å²) in [5.74, 6) is 0.965. The van der Waals surface area contributed by atoms with Gasteiger partial charge in [-0.15, -0.1) is 0 Å². The van der Waals surface area contributed by atoms with Gasteiger partial charge in [0.15, 0.2) is 11.5 Å². The first-order valence-corrected chi connectivity index (χ1v) is 12.0. The lowest BCUT2D eigenvalue weighted by Gasteiger charge is -2.24. The highest BCUT2D eigenvalue weighted by atomic mass is 16.6. The summed E-state index contributed by atoms with van der Waals surface area (Å²) in [6.45, 7) is 8.80. The molecular formula is C27H31N3O6. The Morgan fingerprint density at radius 3 is 2.61 bits per heavy atom. The van der Waals surface area contributed by atoms with Crippen molar-refractivity contribution in [2.24, 2.45) is 5.92 Å². The SMILES string of the molecule is CCOC(=O)c1c(C)nc2cccc(OC[C@@H](NC(=O)c3ccc4c(c3)OCCO4)C(C)C)c2c1N. The fourth-order valence-corrected chi connectivity index (χ4v) is 4.04.